The molecule has 0 radical (unpaired) electrons. The number of benzene rings is 2. The van der Waals surface area contributed by atoms with Gasteiger partial charge in [-0.05, 0) is 47.1 Å². The average molecular weight is 356 g/mol. The van der Waals surface area contributed by atoms with Crippen LogP contribution in [-0.2, 0) is 6.42 Å². The highest BCUT2D eigenvalue weighted by Gasteiger charge is 2.00. The number of hydrogen-bond acceptors (Lipinski definition) is 1. The maximum absolute atomic E-state index is 13.0. The van der Waals surface area contributed by atoms with Crippen LogP contribution in [0, 0.1) is 5.82 Å². The van der Waals surface area contributed by atoms with Crippen LogP contribution in [0.5, 0.6) is 11.5 Å². The second kappa shape index (κ2) is 6.73. The Balaban J connectivity index is 2.09. The van der Waals surface area contributed by atoms with Crippen molar-refractivity contribution in [3.05, 3.63) is 59.9 Å². The van der Waals surface area contributed by atoms with Gasteiger partial charge in [-0.3, -0.25) is 0 Å². The van der Waals surface area contributed by atoms with Gasteiger partial charge in [-0.2, -0.15) is 0 Å². The third-order valence-corrected chi connectivity index (χ3v) is 3.29. The molecule has 94 valence electrons. The van der Waals surface area contributed by atoms with Crippen molar-refractivity contribution in [2.45, 2.75) is 12.8 Å². The van der Waals surface area contributed by atoms with Crippen LogP contribution >= 0.6 is 22.6 Å². The summed E-state index contributed by atoms with van der Waals surface area (Å²) in [5, 5.41) is 0. The van der Waals surface area contributed by atoms with Crippen LogP contribution in [0.2, 0.25) is 0 Å². The molecule has 0 spiro atoms. The van der Waals surface area contributed by atoms with Crippen molar-refractivity contribution in [1.82, 2.24) is 0 Å². The van der Waals surface area contributed by atoms with Gasteiger partial charge < -0.3 is 4.74 Å². The van der Waals surface area contributed by atoms with Crippen molar-refractivity contribution in [2.24, 2.45) is 0 Å². The Morgan fingerprint density at radius 2 is 1.72 bits per heavy atom. The van der Waals surface area contributed by atoms with Crippen LogP contribution in [0.15, 0.2) is 48.5 Å². The van der Waals surface area contributed by atoms with E-state index in [1.54, 1.807) is 12.1 Å². The van der Waals surface area contributed by atoms with Crippen molar-refractivity contribution >= 4 is 22.6 Å². The first-order valence-electron chi connectivity index (χ1n) is 5.86. The summed E-state index contributed by atoms with van der Waals surface area (Å²) >= 11 is 2.37. The van der Waals surface area contributed by atoms with Crippen LogP contribution in [0.3, 0.4) is 0 Å². The second-order valence-corrected chi connectivity index (χ2v) is 5.08. The lowest BCUT2D eigenvalue weighted by molar-refractivity contribution is 0.476. The molecule has 3 heteroatoms. The van der Waals surface area contributed by atoms with Gasteiger partial charge in [0, 0.05) is 6.07 Å². The van der Waals surface area contributed by atoms with Crippen molar-refractivity contribution in [2.75, 3.05) is 4.43 Å². The molecule has 0 fully saturated rings. The van der Waals surface area contributed by atoms with Crippen molar-refractivity contribution < 1.29 is 9.13 Å². The van der Waals surface area contributed by atoms with Crippen molar-refractivity contribution in [3.8, 4) is 11.5 Å². The molecular formula is C15H14FIO. The first kappa shape index (κ1) is 13.3. The summed E-state index contributed by atoms with van der Waals surface area (Å²) in [6.07, 6.45) is 2.20. The lowest BCUT2D eigenvalue weighted by atomic mass is 10.1. The molecular weight excluding hydrogens is 342 g/mol. The number of hydrogen-bond donors (Lipinski definition) is 0. The molecule has 0 atom stereocenters. The van der Waals surface area contributed by atoms with Gasteiger partial charge in [-0.1, -0.05) is 40.8 Å². The summed E-state index contributed by atoms with van der Waals surface area (Å²) in [7, 11) is 0. The zero-order chi connectivity index (χ0) is 12.8. The monoisotopic (exact) mass is 356 g/mol. The summed E-state index contributed by atoms with van der Waals surface area (Å²) in [5.41, 5.74) is 1.25. The highest BCUT2D eigenvalue weighted by molar-refractivity contribution is 14.1. The lowest BCUT2D eigenvalue weighted by Gasteiger charge is -2.07. The van der Waals surface area contributed by atoms with E-state index in [0.717, 1.165) is 23.0 Å². The molecule has 0 saturated carbocycles. The smallest absolute Gasteiger partial charge is 0.130 e. The summed E-state index contributed by atoms with van der Waals surface area (Å²) in [4.78, 5) is 0. The molecule has 0 amide bonds. The van der Waals surface area contributed by atoms with E-state index in [2.05, 4.69) is 28.7 Å². The molecule has 2 aromatic rings. The van der Waals surface area contributed by atoms with Gasteiger partial charge in [0.25, 0.3) is 0 Å². The molecule has 0 bridgehead atoms. The first-order chi connectivity index (χ1) is 8.78. The van der Waals surface area contributed by atoms with Crippen LogP contribution in [0.1, 0.15) is 12.0 Å². The number of ether oxygens (including phenoxy) is 1. The molecule has 0 aliphatic carbocycles. The van der Waals surface area contributed by atoms with E-state index < -0.39 is 0 Å². The summed E-state index contributed by atoms with van der Waals surface area (Å²) < 4.78 is 19.8. The van der Waals surface area contributed by atoms with Gasteiger partial charge >= 0.3 is 0 Å². The van der Waals surface area contributed by atoms with E-state index in [1.165, 1.54) is 17.7 Å². The summed E-state index contributed by atoms with van der Waals surface area (Å²) in [6, 6.07) is 14.1. The van der Waals surface area contributed by atoms with Gasteiger partial charge in [0.2, 0.25) is 0 Å². The standard InChI is InChI=1S/C15H14FIO/c16-13-6-2-8-15(11-13)18-14-7-1-4-12(10-14)5-3-9-17/h1-2,4,6-8,10-11H,3,5,9H2. The van der Waals surface area contributed by atoms with Crippen molar-refractivity contribution in [3.63, 3.8) is 0 Å². The Morgan fingerprint density at radius 3 is 2.44 bits per heavy atom. The molecule has 0 heterocycles. The Hall–Kier alpha value is -1.10. The quantitative estimate of drug-likeness (QED) is 0.542. The van der Waals surface area contributed by atoms with E-state index in [1.807, 2.05) is 18.2 Å². The zero-order valence-electron chi connectivity index (χ0n) is 9.90. The van der Waals surface area contributed by atoms with Gasteiger partial charge in [0.05, 0.1) is 0 Å². The molecule has 0 N–H and O–H groups in total. The van der Waals surface area contributed by atoms with E-state index in [4.69, 9.17) is 4.74 Å². The molecule has 0 unspecified atom stereocenters. The van der Waals surface area contributed by atoms with Crippen LogP contribution in [-0.4, -0.2) is 4.43 Å². The number of aryl methyl sites for hydroxylation is 1. The third-order valence-electron chi connectivity index (χ3n) is 2.53. The molecule has 0 aliphatic rings. The number of alkyl halides is 1. The molecule has 18 heavy (non-hydrogen) atoms. The molecule has 0 aliphatic heterocycles. The number of rotatable bonds is 5. The Morgan fingerprint density at radius 1 is 1.00 bits per heavy atom. The first-order valence-corrected chi connectivity index (χ1v) is 7.39. The van der Waals surface area contributed by atoms with Gasteiger partial charge in [-0.15, -0.1) is 0 Å². The lowest BCUT2D eigenvalue weighted by Crippen LogP contribution is -1.89. The molecule has 1 nitrogen and oxygen atoms in total. The predicted molar refractivity (Wildman–Crippen MR) is 80.1 cm³/mol. The largest absolute Gasteiger partial charge is 0.457 e. The van der Waals surface area contributed by atoms with Gasteiger partial charge in [0.1, 0.15) is 17.3 Å². The maximum atomic E-state index is 13.0. The SMILES string of the molecule is Fc1cccc(Oc2cccc(CCCI)c2)c1. The Bertz CT molecular complexity index is 513. The highest BCUT2D eigenvalue weighted by Crippen LogP contribution is 2.23. The molecule has 2 aromatic carbocycles. The zero-order valence-corrected chi connectivity index (χ0v) is 12.1. The van der Waals surface area contributed by atoms with Crippen LogP contribution in [0.4, 0.5) is 4.39 Å². The summed E-state index contributed by atoms with van der Waals surface area (Å²) in [5.74, 6) is 1.00. The molecule has 0 aromatic heterocycles. The minimum Gasteiger partial charge on any atom is -0.457 e. The Kier molecular flexibility index (Phi) is 4.99. The second-order valence-electron chi connectivity index (χ2n) is 4.00. The third kappa shape index (κ3) is 3.98. The van der Waals surface area contributed by atoms with Crippen LogP contribution in [0.25, 0.3) is 0 Å². The normalized spacial score (nSPS) is 10.3. The minimum atomic E-state index is -0.284. The van der Waals surface area contributed by atoms with E-state index in [9.17, 15) is 4.39 Å². The fourth-order valence-corrected chi connectivity index (χ4v) is 2.08. The van der Waals surface area contributed by atoms with Gasteiger partial charge in [0.15, 0.2) is 0 Å². The Labute approximate surface area is 120 Å². The van der Waals surface area contributed by atoms with E-state index in [0.29, 0.717) is 5.75 Å². The molecule has 0 saturated heterocycles. The van der Waals surface area contributed by atoms with E-state index >= 15 is 0 Å². The van der Waals surface area contributed by atoms with Crippen molar-refractivity contribution in [1.29, 1.82) is 0 Å². The average Bonchev–Trinajstić information content (AvgIpc) is 2.37. The summed E-state index contributed by atoms with van der Waals surface area (Å²) in [6.45, 7) is 0. The van der Waals surface area contributed by atoms with Crippen LogP contribution < -0.4 is 4.74 Å². The topological polar surface area (TPSA) is 9.23 Å². The maximum Gasteiger partial charge on any atom is 0.130 e. The highest BCUT2D eigenvalue weighted by atomic mass is 127. The minimum absolute atomic E-state index is 0.284. The fourth-order valence-electron chi connectivity index (χ4n) is 1.70. The fraction of sp³-hybridized carbons (Fsp3) is 0.200. The van der Waals surface area contributed by atoms with Gasteiger partial charge in [-0.25, -0.2) is 4.39 Å². The number of halogens is 2. The predicted octanol–water partition coefficient (Wildman–Crippen LogP) is 4.99. The van der Waals surface area contributed by atoms with E-state index in [-0.39, 0.29) is 5.82 Å². The molecule has 2 rings (SSSR count).